The van der Waals surface area contributed by atoms with Crippen molar-refractivity contribution in [1.29, 1.82) is 0 Å². The number of primary amides is 1. The SMILES string of the molecule is CC12CC(c3ccccc3O1)C(C(N)=O)C(=O)N2CCNC(=O)Nc1ccccc1. The van der Waals surface area contributed by atoms with Crippen LogP contribution in [-0.4, -0.2) is 41.6 Å². The molecular formula is C22H24N4O4. The number of ether oxygens (including phenoxy) is 1. The third-order valence-electron chi connectivity index (χ3n) is 5.71. The van der Waals surface area contributed by atoms with Crippen LogP contribution in [-0.2, 0) is 9.59 Å². The highest BCUT2D eigenvalue weighted by molar-refractivity contribution is 6.02. The number of urea groups is 1. The van der Waals surface area contributed by atoms with Gasteiger partial charge in [0.15, 0.2) is 5.72 Å². The first kappa shape index (κ1) is 19.8. The van der Waals surface area contributed by atoms with Crippen molar-refractivity contribution in [2.45, 2.75) is 25.0 Å². The second-order valence-corrected chi connectivity index (χ2v) is 7.74. The van der Waals surface area contributed by atoms with Gasteiger partial charge >= 0.3 is 6.03 Å². The molecule has 2 aliphatic rings. The fourth-order valence-electron chi connectivity index (χ4n) is 4.36. The Balaban J connectivity index is 1.48. The largest absolute Gasteiger partial charge is 0.468 e. The van der Waals surface area contributed by atoms with E-state index in [2.05, 4.69) is 10.6 Å². The number of amides is 4. The summed E-state index contributed by atoms with van der Waals surface area (Å²) in [6.45, 7) is 2.21. The first-order valence-electron chi connectivity index (χ1n) is 9.88. The van der Waals surface area contributed by atoms with E-state index in [9.17, 15) is 14.4 Å². The maximum absolute atomic E-state index is 13.2. The number of rotatable bonds is 5. The number of hydrogen-bond acceptors (Lipinski definition) is 4. The lowest BCUT2D eigenvalue weighted by atomic mass is 9.73. The van der Waals surface area contributed by atoms with E-state index in [4.69, 9.17) is 10.5 Å². The Labute approximate surface area is 174 Å². The quantitative estimate of drug-likeness (QED) is 0.657. The van der Waals surface area contributed by atoms with Gasteiger partial charge in [-0.05, 0) is 30.7 Å². The normalized spacial score (nSPS) is 24.4. The van der Waals surface area contributed by atoms with Gasteiger partial charge in [-0.2, -0.15) is 0 Å². The van der Waals surface area contributed by atoms with Crippen molar-refractivity contribution in [2.24, 2.45) is 11.7 Å². The molecule has 2 aromatic carbocycles. The summed E-state index contributed by atoms with van der Waals surface area (Å²) >= 11 is 0. The summed E-state index contributed by atoms with van der Waals surface area (Å²) in [6.07, 6.45) is 0.458. The molecular weight excluding hydrogens is 384 g/mol. The van der Waals surface area contributed by atoms with E-state index in [0.717, 1.165) is 5.56 Å². The number of nitrogens with zero attached hydrogens (tertiary/aromatic N) is 1. The second-order valence-electron chi connectivity index (χ2n) is 7.74. The Morgan fingerprint density at radius 3 is 2.60 bits per heavy atom. The molecule has 0 aromatic heterocycles. The van der Waals surface area contributed by atoms with E-state index in [1.807, 2.05) is 49.4 Å². The zero-order chi connectivity index (χ0) is 21.3. The number of piperidine rings is 1. The first-order valence-corrected chi connectivity index (χ1v) is 9.88. The van der Waals surface area contributed by atoms with Gasteiger partial charge in [0.1, 0.15) is 11.7 Å². The maximum atomic E-state index is 13.2. The van der Waals surface area contributed by atoms with Gasteiger partial charge in [-0.25, -0.2) is 4.79 Å². The van der Waals surface area contributed by atoms with E-state index in [-0.39, 0.29) is 30.9 Å². The summed E-state index contributed by atoms with van der Waals surface area (Å²) in [5, 5.41) is 5.46. The van der Waals surface area contributed by atoms with Crippen LogP contribution in [0.5, 0.6) is 5.75 Å². The van der Waals surface area contributed by atoms with Crippen LogP contribution in [0.4, 0.5) is 10.5 Å². The maximum Gasteiger partial charge on any atom is 0.319 e. The molecule has 1 saturated heterocycles. The molecule has 2 heterocycles. The molecule has 0 radical (unpaired) electrons. The summed E-state index contributed by atoms with van der Waals surface area (Å²) in [5.74, 6) is -1.66. The van der Waals surface area contributed by atoms with Crippen molar-refractivity contribution >= 4 is 23.5 Å². The van der Waals surface area contributed by atoms with Crippen LogP contribution in [0.25, 0.3) is 0 Å². The number of likely N-dealkylation sites (tertiary alicyclic amines) is 1. The molecule has 3 unspecified atom stereocenters. The van der Waals surface area contributed by atoms with E-state index in [0.29, 0.717) is 17.9 Å². The van der Waals surface area contributed by atoms with E-state index < -0.39 is 17.6 Å². The van der Waals surface area contributed by atoms with Crippen LogP contribution >= 0.6 is 0 Å². The van der Waals surface area contributed by atoms with E-state index in [1.54, 1.807) is 12.1 Å². The molecule has 1 fully saturated rings. The number of carbonyl (C=O) groups is 3. The van der Waals surface area contributed by atoms with Gasteiger partial charge in [-0.3, -0.25) is 9.59 Å². The number of nitrogens with two attached hydrogens (primary N) is 1. The molecule has 30 heavy (non-hydrogen) atoms. The highest BCUT2D eigenvalue weighted by atomic mass is 16.5. The standard InChI is InChI=1S/C22H24N4O4/c1-22-13-16(15-9-5-6-10-17(15)30-22)18(19(23)27)20(28)26(22)12-11-24-21(29)25-14-7-3-2-4-8-14/h2-10,16,18H,11-13H2,1H3,(H2,23,27)(H2,24,25,29). The fraction of sp³-hybridized carbons (Fsp3) is 0.318. The van der Waals surface area contributed by atoms with Gasteiger partial charge in [0, 0.05) is 31.1 Å². The Kier molecular flexibility index (Phi) is 5.07. The van der Waals surface area contributed by atoms with Gasteiger partial charge in [0.25, 0.3) is 0 Å². The van der Waals surface area contributed by atoms with Crippen LogP contribution in [0.2, 0.25) is 0 Å². The molecule has 3 atom stereocenters. The molecule has 4 rings (SSSR count). The highest BCUT2D eigenvalue weighted by Crippen LogP contribution is 2.49. The van der Waals surface area contributed by atoms with Crippen molar-refractivity contribution in [3.05, 3.63) is 60.2 Å². The molecule has 2 aliphatic heterocycles. The fourth-order valence-corrected chi connectivity index (χ4v) is 4.36. The Morgan fingerprint density at radius 2 is 1.87 bits per heavy atom. The third kappa shape index (κ3) is 3.56. The Hall–Kier alpha value is -3.55. The van der Waals surface area contributed by atoms with Gasteiger partial charge in [-0.15, -0.1) is 0 Å². The van der Waals surface area contributed by atoms with Gasteiger partial charge < -0.3 is 26.0 Å². The summed E-state index contributed by atoms with van der Waals surface area (Å²) in [5.41, 5.74) is 6.19. The molecule has 156 valence electrons. The predicted octanol–water partition coefficient (Wildman–Crippen LogP) is 2.03. The summed E-state index contributed by atoms with van der Waals surface area (Å²) in [4.78, 5) is 39.0. The zero-order valence-electron chi connectivity index (χ0n) is 16.6. The number of carbonyl (C=O) groups excluding carboxylic acids is 3. The number of hydrogen-bond donors (Lipinski definition) is 3. The number of para-hydroxylation sites is 2. The minimum Gasteiger partial charge on any atom is -0.468 e. The van der Waals surface area contributed by atoms with Crippen LogP contribution in [0, 0.1) is 5.92 Å². The highest BCUT2D eigenvalue weighted by Gasteiger charge is 2.55. The molecule has 0 spiro atoms. The van der Waals surface area contributed by atoms with Crippen molar-refractivity contribution in [1.82, 2.24) is 10.2 Å². The van der Waals surface area contributed by atoms with Crippen LogP contribution in [0.3, 0.4) is 0 Å². The molecule has 8 nitrogen and oxygen atoms in total. The molecule has 8 heteroatoms. The lowest BCUT2D eigenvalue weighted by molar-refractivity contribution is -0.175. The van der Waals surface area contributed by atoms with E-state index >= 15 is 0 Å². The minimum atomic E-state index is -0.957. The van der Waals surface area contributed by atoms with Crippen LogP contribution in [0.1, 0.15) is 24.8 Å². The van der Waals surface area contributed by atoms with Gasteiger partial charge in [0.2, 0.25) is 11.8 Å². The Bertz CT molecular complexity index is 980. The minimum absolute atomic E-state index is 0.191. The molecule has 2 aromatic rings. The molecule has 2 bridgehead atoms. The lowest BCUT2D eigenvalue weighted by Gasteiger charge is -2.52. The summed E-state index contributed by atoms with van der Waals surface area (Å²) in [6, 6.07) is 16.1. The third-order valence-corrected chi connectivity index (χ3v) is 5.71. The smallest absolute Gasteiger partial charge is 0.319 e. The lowest BCUT2D eigenvalue weighted by Crippen LogP contribution is -2.65. The van der Waals surface area contributed by atoms with Crippen molar-refractivity contribution in [2.75, 3.05) is 18.4 Å². The second kappa shape index (κ2) is 7.70. The zero-order valence-corrected chi connectivity index (χ0v) is 16.6. The first-order chi connectivity index (χ1) is 14.4. The van der Waals surface area contributed by atoms with Crippen molar-refractivity contribution < 1.29 is 19.1 Å². The van der Waals surface area contributed by atoms with Crippen LogP contribution in [0.15, 0.2) is 54.6 Å². The number of anilines is 1. The molecule has 4 amide bonds. The molecule has 4 N–H and O–H groups in total. The number of nitrogens with one attached hydrogen (secondary N) is 2. The van der Waals surface area contributed by atoms with Crippen molar-refractivity contribution in [3.8, 4) is 5.75 Å². The average Bonchev–Trinajstić information content (AvgIpc) is 2.70. The molecule has 0 saturated carbocycles. The summed E-state index contributed by atoms with van der Waals surface area (Å²) in [7, 11) is 0. The van der Waals surface area contributed by atoms with Crippen molar-refractivity contribution in [3.63, 3.8) is 0 Å². The number of benzene rings is 2. The van der Waals surface area contributed by atoms with Gasteiger partial charge in [-0.1, -0.05) is 36.4 Å². The Morgan fingerprint density at radius 1 is 1.17 bits per heavy atom. The number of fused-ring (bicyclic) bond motifs is 4. The predicted molar refractivity (Wildman–Crippen MR) is 111 cm³/mol. The van der Waals surface area contributed by atoms with E-state index in [1.165, 1.54) is 4.90 Å². The van der Waals surface area contributed by atoms with Crippen LogP contribution < -0.4 is 21.1 Å². The van der Waals surface area contributed by atoms with Gasteiger partial charge in [0.05, 0.1) is 0 Å². The summed E-state index contributed by atoms with van der Waals surface area (Å²) < 4.78 is 6.18. The average molecular weight is 408 g/mol. The topological polar surface area (TPSA) is 114 Å². The monoisotopic (exact) mass is 408 g/mol. The molecule has 0 aliphatic carbocycles.